The molecule has 6 heteroatoms. The second-order valence-corrected chi connectivity index (χ2v) is 11.3. The zero-order valence-electron chi connectivity index (χ0n) is 20.3. The lowest BCUT2D eigenvalue weighted by molar-refractivity contribution is -0.255. The lowest BCUT2D eigenvalue weighted by atomic mass is 9.60. The standard InChI is InChI=1S/C27H41F3O3/c1-17(7-5-14-26(4,33)27(28,29)30)22-11-12-23-19(8-6-13-25(22,23)3)9-10-20-15-21(31)16-24(32)18(20)2/h9-10,17,21-24,31-33H,2,5-8,11-16H2,1,3-4H3/b19-9+,20-10-/t17-,21-,22-,23?,24?,25?,26?/m1/s1. The third kappa shape index (κ3) is 5.59. The molecule has 7 atom stereocenters. The van der Waals surface area contributed by atoms with Crippen molar-refractivity contribution < 1.29 is 28.5 Å². The maximum Gasteiger partial charge on any atom is 0.416 e. The van der Waals surface area contributed by atoms with E-state index < -0.39 is 24.0 Å². The zero-order chi connectivity index (χ0) is 24.6. The summed E-state index contributed by atoms with van der Waals surface area (Å²) < 4.78 is 38.9. The lowest BCUT2D eigenvalue weighted by Gasteiger charge is -2.44. The van der Waals surface area contributed by atoms with Crippen LogP contribution in [-0.4, -0.2) is 39.3 Å². The summed E-state index contributed by atoms with van der Waals surface area (Å²) in [7, 11) is 0. The van der Waals surface area contributed by atoms with E-state index in [0.29, 0.717) is 49.0 Å². The summed E-state index contributed by atoms with van der Waals surface area (Å²) in [5.74, 6) is 1.23. The molecule has 3 saturated carbocycles. The van der Waals surface area contributed by atoms with Crippen LogP contribution in [0.5, 0.6) is 0 Å². The minimum absolute atomic E-state index is 0.136. The zero-order valence-corrected chi connectivity index (χ0v) is 20.3. The van der Waals surface area contributed by atoms with Gasteiger partial charge >= 0.3 is 6.18 Å². The van der Waals surface area contributed by atoms with Gasteiger partial charge in [0.2, 0.25) is 0 Å². The maximum atomic E-state index is 13.0. The Morgan fingerprint density at radius 2 is 1.91 bits per heavy atom. The van der Waals surface area contributed by atoms with Gasteiger partial charge in [0.15, 0.2) is 5.60 Å². The molecule has 3 aliphatic carbocycles. The molecule has 188 valence electrons. The summed E-state index contributed by atoms with van der Waals surface area (Å²) in [5, 5.41) is 29.9. The molecule has 33 heavy (non-hydrogen) atoms. The van der Waals surface area contributed by atoms with Crippen LogP contribution in [0.3, 0.4) is 0 Å². The van der Waals surface area contributed by atoms with E-state index >= 15 is 0 Å². The molecule has 4 unspecified atom stereocenters. The Hall–Kier alpha value is -1.11. The molecular weight excluding hydrogens is 429 g/mol. The molecule has 0 aliphatic heterocycles. The second kappa shape index (κ2) is 9.87. The van der Waals surface area contributed by atoms with Crippen LogP contribution < -0.4 is 0 Å². The highest BCUT2D eigenvalue weighted by molar-refractivity contribution is 5.38. The molecule has 0 radical (unpaired) electrons. The van der Waals surface area contributed by atoms with E-state index in [0.717, 1.165) is 44.6 Å². The van der Waals surface area contributed by atoms with E-state index in [4.69, 9.17) is 0 Å². The van der Waals surface area contributed by atoms with Crippen molar-refractivity contribution in [2.45, 2.75) is 109 Å². The van der Waals surface area contributed by atoms with Crippen LogP contribution in [0.2, 0.25) is 0 Å². The smallest absolute Gasteiger partial charge is 0.393 e. The Labute approximate surface area is 196 Å². The van der Waals surface area contributed by atoms with Gasteiger partial charge in [-0.15, -0.1) is 0 Å². The number of aliphatic hydroxyl groups excluding tert-OH is 2. The molecule has 3 N–H and O–H groups in total. The summed E-state index contributed by atoms with van der Waals surface area (Å²) in [4.78, 5) is 0. The van der Waals surface area contributed by atoms with Crippen LogP contribution in [0.15, 0.2) is 35.5 Å². The quantitative estimate of drug-likeness (QED) is 0.430. The normalized spacial score (nSPS) is 38.4. The van der Waals surface area contributed by atoms with Gasteiger partial charge in [0, 0.05) is 6.42 Å². The fourth-order valence-corrected chi connectivity index (χ4v) is 6.79. The van der Waals surface area contributed by atoms with Gasteiger partial charge in [0.05, 0.1) is 12.2 Å². The van der Waals surface area contributed by atoms with E-state index in [1.165, 1.54) is 5.57 Å². The Balaban J connectivity index is 1.67. The van der Waals surface area contributed by atoms with Crippen molar-refractivity contribution >= 4 is 0 Å². The topological polar surface area (TPSA) is 60.7 Å². The average molecular weight is 471 g/mol. The maximum absolute atomic E-state index is 13.0. The largest absolute Gasteiger partial charge is 0.416 e. The van der Waals surface area contributed by atoms with Crippen LogP contribution >= 0.6 is 0 Å². The van der Waals surface area contributed by atoms with Crippen molar-refractivity contribution in [1.29, 1.82) is 0 Å². The summed E-state index contributed by atoms with van der Waals surface area (Å²) in [6, 6.07) is 0. The number of allylic oxidation sites excluding steroid dienone is 3. The first-order valence-electron chi connectivity index (χ1n) is 12.5. The van der Waals surface area contributed by atoms with Gasteiger partial charge in [-0.25, -0.2) is 0 Å². The van der Waals surface area contributed by atoms with Crippen molar-refractivity contribution in [3.8, 4) is 0 Å². The average Bonchev–Trinajstić information content (AvgIpc) is 3.06. The van der Waals surface area contributed by atoms with Gasteiger partial charge in [-0.1, -0.05) is 44.6 Å². The van der Waals surface area contributed by atoms with Crippen LogP contribution in [0, 0.1) is 23.2 Å². The monoisotopic (exact) mass is 470 g/mol. The minimum atomic E-state index is -4.59. The first-order chi connectivity index (χ1) is 15.3. The third-order valence-corrected chi connectivity index (χ3v) is 8.92. The van der Waals surface area contributed by atoms with Gasteiger partial charge in [-0.2, -0.15) is 13.2 Å². The molecule has 0 aromatic rings. The fraction of sp³-hybridized carbons (Fsp3) is 0.778. The SMILES string of the molecule is C=C1/C(=C\C=C2/CCCC3(C)C2CC[C@@H]3[C@H](C)CCCC(C)(O)C(F)(F)F)C[C@@H](O)CC1O. The van der Waals surface area contributed by atoms with Gasteiger partial charge in [-0.3, -0.25) is 0 Å². The first-order valence-corrected chi connectivity index (χ1v) is 12.5. The predicted molar refractivity (Wildman–Crippen MR) is 124 cm³/mol. The van der Waals surface area contributed by atoms with E-state index in [1.807, 2.05) is 6.08 Å². The number of halogens is 3. The summed E-state index contributed by atoms with van der Waals surface area (Å²) in [6.07, 6.45) is 5.49. The molecule has 0 heterocycles. The fourth-order valence-electron chi connectivity index (χ4n) is 6.79. The van der Waals surface area contributed by atoms with Gasteiger partial charge in [0.1, 0.15) is 0 Å². The molecule has 0 spiro atoms. The van der Waals surface area contributed by atoms with Crippen LogP contribution in [0.4, 0.5) is 13.2 Å². The van der Waals surface area contributed by atoms with Crippen molar-refractivity contribution in [3.63, 3.8) is 0 Å². The number of hydrogen-bond donors (Lipinski definition) is 3. The molecule has 0 bridgehead atoms. The highest BCUT2D eigenvalue weighted by Gasteiger charge is 2.51. The molecule has 0 aromatic carbocycles. The molecule has 0 aromatic heterocycles. The van der Waals surface area contributed by atoms with E-state index in [1.54, 1.807) is 0 Å². The molecular formula is C27H41F3O3. The van der Waals surface area contributed by atoms with Crippen molar-refractivity contribution in [1.82, 2.24) is 0 Å². The van der Waals surface area contributed by atoms with E-state index in [-0.39, 0.29) is 11.8 Å². The van der Waals surface area contributed by atoms with E-state index in [2.05, 4.69) is 26.5 Å². The van der Waals surface area contributed by atoms with Crippen molar-refractivity contribution in [2.75, 3.05) is 0 Å². The molecule has 0 saturated heterocycles. The van der Waals surface area contributed by atoms with Crippen LogP contribution in [0.25, 0.3) is 0 Å². The van der Waals surface area contributed by atoms with Crippen molar-refractivity contribution in [3.05, 3.63) is 35.5 Å². The summed E-state index contributed by atoms with van der Waals surface area (Å²) in [6.45, 7) is 9.39. The Kier molecular flexibility index (Phi) is 7.92. The highest BCUT2D eigenvalue weighted by Crippen LogP contribution is 2.60. The third-order valence-electron chi connectivity index (χ3n) is 8.92. The number of rotatable bonds is 6. The number of alkyl halides is 3. The Bertz CT molecular complexity index is 782. The number of fused-ring (bicyclic) bond motifs is 1. The Morgan fingerprint density at radius 1 is 1.21 bits per heavy atom. The molecule has 3 rings (SSSR count). The second-order valence-electron chi connectivity index (χ2n) is 11.3. The first kappa shape index (κ1) is 26.5. The molecule has 3 fully saturated rings. The van der Waals surface area contributed by atoms with Crippen molar-refractivity contribution in [2.24, 2.45) is 23.2 Å². The van der Waals surface area contributed by atoms with E-state index in [9.17, 15) is 28.5 Å². The predicted octanol–water partition coefficient (Wildman–Crippen LogP) is 6.25. The van der Waals surface area contributed by atoms with Gasteiger partial charge in [0.25, 0.3) is 0 Å². The minimum Gasteiger partial charge on any atom is -0.393 e. The highest BCUT2D eigenvalue weighted by atomic mass is 19.4. The number of aliphatic hydroxyl groups is 3. The molecule has 0 amide bonds. The van der Waals surface area contributed by atoms with Crippen LogP contribution in [-0.2, 0) is 0 Å². The molecule has 3 nitrogen and oxygen atoms in total. The summed E-state index contributed by atoms with van der Waals surface area (Å²) >= 11 is 0. The summed E-state index contributed by atoms with van der Waals surface area (Å²) in [5.41, 5.74) is 0.544. The number of hydrogen-bond acceptors (Lipinski definition) is 3. The Morgan fingerprint density at radius 3 is 2.58 bits per heavy atom. The molecule has 3 aliphatic rings. The van der Waals surface area contributed by atoms with Crippen LogP contribution in [0.1, 0.15) is 85.0 Å². The lowest BCUT2D eigenvalue weighted by Crippen LogP contribution is -2.42. The van der Waals surface area contributed by atoms with Gasteiger partial charge < -0.3 is 15.3 Å². The van der Waals surface area contributed by atoms with Gasteiger partial charge in [-0.05, 0) is 92.6 Å².